The molecule has 3 heteroatoms. The van der Waals surface area contributed by atoms with Gasteiger partial charge < -0.3 is 9.84 Å². The molecule has 11 heavy (non-hydrogen) atoms. The SMILES string of the molecule is COCCCC(=O)C(C)(C)O. The second-order valence-corrected chi connectivity index (χ2v) is 3.08. The zero-order valence-electron chi connectivity index (χ0n) is 7.39. The Morgan fingerprint density at radius 2 is 2.09 bits per heavy atom. The van der Waals surface area contributed by atoms with Gasteiger partial charge in [-0.25, -0.2) is 0 Å². The molecule has 0 radical (unpaired) electrons. The number of methoxy groups -OCH3 is 1. The van der Waals surface area contributed by atoms with Crippen LogP contribution in [0.25, 0.3) is 0 Å². The number of hydrogen-bond donors (Lipinski definition) is 1. The van der Waals surface area contributed by atoms with Gasteiger partial charge in [-0.1, -0.05) is 0 Å². The lowest BCUT2D eigenvalue weighted by molar-refractivity contribution is -0.134. The van der Waals surface area contributed by atoms with E-state index in [1.165, 1.54) is 13.8 Å². The van der Waals surface area contributed by atoms with Crippen molar-refractivity contribution in [3.05, 3.63) is 0 Å². The number of Topliss-reactive ketones (excluding diaryl/α,β-unsaturated/α-hetero) is 1. The summed E-state index contributed by atoms with van der Waals surface area (Å²) >= 11 is 0. The molecule has 0 aliphatic rings. The van der Waals surface area contributed by atoms with Gasteiger partial charge in [-0.15, -0.1) is 0 Å². The second-order valence-electron chi connectivity index (χ2n) is 3.08. The third-order valence-corrected chi connectivity index (χ3v) is 1.43. The Balaban J connectivity index is 3.54. The molecule has 0 spiro atoms. The highest BCUT2D eigenvalue weighted by Gasteiger charge is 2.22. The fraction of sp³-hybridized carbons (Fsp3) is 0.875. The minimum Gasteiger partial charge on any atom is -0.385 e. The van der Waals surface area contributed by atoms with Crippen molar-refractivity contribution in [1.82, 2.24) is 0 Å². The van der Waals surface area contributed by atoms with E-state index in [1.807, 2.05) is 0 Å². The van der Waals surface area contributed by atoms with E-state index in [0.29, 0.717) is 19.4 Å². The lowest BCUT2D eigenvalue weighted by atomic mass is 10.0. The molecule has 0 amide bonds. The predicted octanol–water partition coefficient (Wildman–Crippen LogP) is 0.753. The minimum absolute atomic E-state index is 0.130. The third kappa shape index (κ3) is 4.93. The summed E-state index contributed by atoms with van der Waals surface area (Å²) in [5, 5.41) is 9.20. The maximum atomic E-state index is 11.0. The van der Waals surface area contributed by atoms with Crippen LogP contribution in [0, 0.1) is 0 Å². The van der Waals surface area contributed by atoms with Crippen molar-refractivity contribution in [1.29, 1.82) is 0 Å². The number of ketones is 1. The Bertz CT molecular complexity index is 124. The summed E-state index contributed by atoms with van der Waals surface area (Å²) in [7, 11) is 1.59. The van der Waals surface area contributed by atoms with E-state index in [-0.39, 0.29) is 5.78 Å². The number of hydrogen-bond acceptors (Lipinski definition) is 3. The third-order valence-electron chi connectivity index (χ3n) is 1.43. The van der Waals surface area contributed by atoms with E-state index >= 15 is 0 Å². The number of carbonyl (C=O) groups excluding carboxylic acids is 1. The monoisotopic (exact) mass is 160 g/mol. The molecule has 0 saturated carbocycles. The molecule has 0 aliphatic carbocycles. The van der Waals surface area contributed by atoms with Crippen LogP contribution in [0.1, 0.15) is 26.7 Å². The van der Waals surface area contributed by atoms with Gasteiger partial charge in [-0.3, -0.25) is 4.79 Å². The highest BCUT2D eigenvalue weighted by molar-refractivity contribution is 5.86. The van der Waals surface area contributed by atoms with Crippen molar-refractivity contribution < 1.29 is 14.6 Å². The number of ether oxygens (including phenoxy) is 1. The number of carbonyl (C=O) groups is 1. The molecule has 1 N–H and O–H groups in total. The second kappa shape index (κ2) is 4.46. The molecule has 0 aliphatic heterocycles. The molecule has 0 fully saturated rings. The Hall–Kier alpha value is -0.410. The Morgan fingerprint density at radius 1 is 1.55 bits per heavy atom. The zero-order valence-corrected chi connectivity index (χ0v) is 7.39. The Labute approximate surface area is 67.4 Å². The average molecular weight is 160 g/mol. The molecule has 0 unspecified atom stereocenters. The number of aliphatic hydroxyl groups is 1. The maximum absolute atomic E-state index is 11.0. The van der Waals surface area contributed by atoms with Crippen molar-refractivity contribution in [2.45, 2.75) is 32.3 Å². The standard InChI is InChI=1S/C8H16O3/c1-8(2,10)7(9)5-4-6-11-3/h10H,4-6H2,1-3H3. The molecular formula is C8H16O3. The summed E-state index contributed by atoms with van der Waals surface area (Å²) in [6, 6.07) is 0. The topological polar surface area (TPSA) is 46.5 Å². The molecular weight excluding hydrogens is 144 g/mol. The quantitative estimate of drug-likeness (QED) is 0.604. The Morgan fingerprint density at radius 3 is 2.45 bits per heavy atom. The van der Waals surface area contributed by atoms with Gasteiger partial charge >= 0.3 is 0 Å². The van der Waals surface area contributed by atoms with Crippen LogP contribution in [0.15, 0.2) is 0 Å². The van der Waals surface area contributed by atoms with Crippen LogP contribution in [-0.2, 0) is 9.53 Å². The first-order valence-electron chi connectivity index (χ1n) is 3.73. The first-order chi connectivity index (χ1) is 4.98. The summed E-state index contributed by atoms with van der Waals surface area (Å²) in [4.78, 5) is 11.0. The van der Waals surface area contributed by atoms with Crippen LogP contribution >= 0.6 is 0 Å². The lowest BCUT2D eigenvalue weighted by Crippen LogP contribution is -2.30. The molecule has 3 nitrogen and oxygen atoms in total. The van der Waals surface area contributed by atoms with Gasteiger partial charge in [0, 0.05) is 20.1 Å². The van der Waals surface area contributed by atoms with E-state index in [1.54, 1.807) is 7.11 Å². The summed E-state index contributed by atoms with van der Waals surface area (Å²) in [6.45, 7) is 3.58. The van der Waals surface area contributed by atoms with Gasteiger partial charge in [0.2, 0.25) is 0 Å². The first kappa shape index (κ1) is 10.6. The fourth-order valence-electron chi connectivity index (χ4n) is 0.683. The van der Waals surface area contributed by atoms with E-state index in [4.69, 9.17) is 4.74 Å². The van der Waals surface area contributed by atoms with Crippen molar-refractivity contribution >= 4 is 5.78 Å². The maximum Gasteiger partial charge on any atom is 0.163 e. The molecule has 0 aromatic carbocycles. The first-order valence-corrected chi connectivity index (χ1v) is 3.73. The minimum atomic E-state index is -1.19. The molecule has 0 bridgehead atoms. The van der Waals surface area contributed by atoms with Crippen molar-refractivity contribution in [3.63, 3.8) is 0 Å². The molecule has 66 valence electrons. The highest BCUT2D eigenvalue weighted by atomic mass is 16.5. The summed E-state index contributed by atoms with van der Waals surface area (Å²) < 4.78 is 4.77. The smallest absolute Gasteiger partial charge is 0.163 e. The zero-order chi connectivity index (χ0) is 8.91. The molecule has 0 aromatic rings. The van der Waals surface area contributed by atoms with Gasteiger partial charge in [0.25, 0.3) is 0 Å². The summed E-state index contributed by atoms with van der Waals surface area (Å²) in [5.41, 5.74) is -1.19. The van der Waals surface area contributed by atoms with Crippen molar-refractivity contribution in [2.24, 2.45) is 0 Å². The van der Waals surface area contributed by atoms with Gasteiger partial charge in [0.1, 0.15) is 5.60 Å². The molecule has 0 rings (SSSR count). The van der Waals surface area contributed by atoms with Crippen LogP contribution in [0.5, 0.6) is 0 Å². The van der Waals surface area contributed by atoms with Crippen LogP contribution in [-0.4, -0.2) is 30.2 Å². The molecule has 0 aromatic heterocycles. The largest absolute Gasteiger partial charge is 0.385 e. The van der Waals surface area contributed by atoms with Crippen LogP contribution in [0.4, 0.5) is 0 Å². The molecule has 0 atom stereocenters. The normalized spacial score (nSPS) is 11.6. The van der Waals surface area contributed by atoms with Gasteiger partial charge in [-0.05, 0) is 20.3 Å². The fourth-order valence-corrected chi connectivity index (χ4v) is 0.683. The van der Waals surface area contributed by atoms with E-state index < -0.39 is 5.60 Å². The van der Waals surface area contributed by atoms with Crippen LogP contribution in [0.3, 0.4) is 0 Å². The van der Waals surface area contributed by atoms with Crippen molar-refractivity contribution in [3.8, 4) is 0 Å². The van der Waals surface area contributed by atoms with Gasteiger partial charge in [0.15, 0.2) is 5.78 Å². The number of rotatable bonds is 5. The average Bonchev–Trinajstić information content (AvgIpc) is 1.86. The van der Waals surface area contributed by atoms with Gasteiger partial charge in [0.05, 0.1) is 0 Å². The summed E-state index contributed by atoms with van der Waals surface area (Å²) in [6.07, 6.45) is 1.07. The van der Waals surface area contributed by atoms with E-state index in [9.17, 15) is 9.90 Å². The van der Waals surface area contributed by atoms with Crippen molar-refractivity contribution in [2.75, 3.05) is 13.7 Å². The van der Waals surface area contributed by atoms with Gasteiger partial charge in [-0.2, -0.15) is 0 Å². The highest BCUT2D eigenvalue weighted by Crippen LogP contribution is 2.07. The van der Waals surface area contributed by atoms with Crippen LogP contribution in [0.2, 0.25) is 0 Å². The van der Waals surface area contributed by atoms with Crippen LogP contribution < -0.4 is 0 Å². The van der Waals surface area contributed by atoms with E-state index in [2.05, 4.69) is 0 Å². The summed E-state index contributed by atoms with van der Waals surface area (Å²) in [5.74, 6) is -0.130. The van der Waals surface area contributed by atoms with E-state index in [0.717, 1.165) is 0 Å². The molecule has 0 saturated heterocycles. The Kier molecular flexibility index (Phi) is 4.30. The lowest BCUT2D eigenvalue weighted by Gasteiger charge is -2.14. The molecule has 0 heterocycles. The predicted molar refractivity (Wildman–Crippen MR) is 42.4 cm³/mol.